The molecule has 2 N–H and O–H groups in total. The number of carbonyl (C=O) groups excluding carboxylic acids is 1. The van der Waals surface area contributed by atoms with Crippen molar-refractivity contribution in [3.63, 3.8) is 0 Å². The molecule has 1 unspecified atom stereocenters. The van der Waals surface area contributed by atoms with Crippen molar-refractivity contribution in [3.8, 4) is 0 Å². The maximum atomic E-state index is 11.5. The van der Waals surface area contributed by atoms with E-state index < -0.39 is 0 Å². The molecular formula is C14H18ClN3OS2. The normalized spacial score (nSPS) is 12.1. The van der Waals surface area contributed by atoms with E-state index in [-0.39, 0.29) is 12.1 Å². The molecule has 2 heterocycles. The van der Waals surface area contributed by atoms with Crippen LogP contribution in [0.25, 0.3) is 0 Å². The summed E-state index contributed by atoms with van der Waals surface area (Å²) < 4.78 is 0.786. The van der Waals surface area contributed by atoms with Gasteiger partial charge in [0.25, 0.3) is 0 Å². The number of amides is 2. The fourth-order valence-corrected chi connectivity index (χ4v) is 3.87. The molecule has 0 radical (unpaired) electrons. The summed E-state index contributed by atoms with van der Waals surface area (Å²) in [5.74, 6) is 0. The van der Waals surface area contributed by atoms with Crippen molar-refractivity contribution in [2.24, 2.45) is 0 Å². The Morgan fingerprint density at radius 1 is 1.29 bits per heavy atom. The lowest BCUT2D eigenvalue weighted by Crippen LogP contribution is -2.39. The van der Waals surface area contributed by atoms with Gasteiger partial charge in [-0.1, -0.05) is 17.7 Å². The van der Waals surface area contributed by atoms with Crippen LogP contribution in [0.5, 0.6) is 0 Å². The maximum absolute atomic E-state index is 11.5. The average molecular weight is 344 g/mol. The minimum atomic E-state index is -0.0800. The van der Waals surface area contributed by atoms with Crippen LogP contribution in [0.3, 0.4) is 0 Å². The van der Waals surface area contributed by atoms with E-state index in [0.29, 0.717) is 13.1 Å². The van der Waals surface area contributed by atoms with E-state index in [0.717, 1.165) is 4.34 Å². The summed E-state index contributed by atoms with van der Waals surface area (Å²) in [6, 6.07) is 8.15. The Hall–Kier alpha value is -1.08. The van der Waals surface area contributed by atoms with Crippen LogP contribution in [0.4, 0.5) is 4.79 Å². The van der Waals surface area contributed by atoms with Gasteiger partial charge in [0.15, 0.2) is 0 Å². The van der Waals surface area contributed by atoms with Gasteiger partial charge >= 0.3 is 6.03 Å². The predicted octanol–water partition coefficient (Wildman–Crippen LogP) is 3.41. The van der Waals surface area contributed by atoms with E-state index in [1.165, 1.54) is 14.7 Å². The zero-order chi connectivity index (χ0) is 15.2. The first-order chi connectivity index (χ1) is 10.1. The summed E-state index contributed by atoms with van der Waals surface area (Å²) in [7, 11) is 3.45. The summed E-state index contributed by atoms with van der Waals surface area (Å²) in [6.45, 7) is 1.27. The molecule has 2 aromatic heterocycles. The maximum Gasteiger partial charge on any atom is 0.316 e. The van der Waals surface area contributed by atoms with Gasteiger partial charge in [0, 0.05) is 36.9 Å². The number of carbonyl (C=O) groups is 1. The van der Waals surface area contributed by atoms with Gasteiger partial charge in [0.1, 0.15) is 0 Å². The number of nitrogens with zero attached hydrogens (tertiary/aromatic N) is 1. The van der Waals surface area contributed by atoms with E-state index >= 15 is 0 Å². The standard InChI is InChI=1S/C14H18ClN3OS2/c1-18(2)14(19)17-8-7-16-13(10-4-3-9-20-10)11-5-6-12(15)21-11/h3-6,9,13,16H,7-8H2,1-2H3,(H,17,19). The number of hydrogen-bond acceptors (Lipinski definition) is 4. The van der Waals surface area contributed by atoms with Gasteiger partial charge < -0.3 is 15.5 Å². The lowest BCUT2D eigenvalue weighted by Gasteiger charge is -2.17. The van der Waals surface area contributed by atoms with Crippen LogP contribution in [0.2, 0.25) is 4.34 Å². The molecular weight excluding hydrogens is 326 g/mol. The number of rotatable bonds is 6. The van der Waals surface area contributed by atoms with Crippen molar-refractivity contribution in [1.29, 1.82) is 0 Å². The Kier molecular flexibility index (Phi) is 6.05. The highest BCUT2D eigenvalue weighted by atomic mass is 35.5. The zero-order valence-electron chi connectivity index (χ0n) is 11.9. The van der Waals surface area contributed by atoms with Gasteiger partial charge in [-0.05, 0) is 23.6 Å². The smallest absolute Gasteiger partial charge is 0.316 e. The van der Waals surface area contributed by atoms with Crippen LogP contribution in [0.15, 0.2) is 29.6 Å². The van der Waals surface area contributed by atoms with Crippen molar-refractivity contribution in [1.82, 2.24) is 15.5 Å². The largest absolute Gasteiger partial charge is 0.337 e. The molecule has 0 saturated heterocycles. The molecule has 114 valence electrons. The van der Waals surface area contributed by atoms with E-state index in [9.17, 15) is 4.79 Å². The van der Waals surface area contributed by atoms with Crippen LogP contribution < -0.4 is 10.6 Å². The minimum Gasteiger partial charge on any atom is -0.337 e. The van der Waals surface area contributed by atoms with E-state index in [1.54, 1.807) is 36.8 Å². The topological polar surface area (TPSA) is 44.4 Å². The van der Waals surface area contributed by atoms with Gasteiger partial charge in [-0.25, -0.2) is 4.79 Å². The molecule has 2 amide bonds. The first kappa shape index (κ1) is 16.3. The van der Waals surface area contributed by atoms with Crippen LogP contribution in [0.1, 0.15) is 15.8 Å². The van der Waals surface area contributed by atoms with Gasteiger partial charge in [-0.3, -0.25) is 0 Å². The van der Waals surface area contributed by atoms with E-state index in [4.69, 9.17) is 11.6 Å². The minimum absolute atomic E-state index is 0.0800. The number of nitrogens with one attached hydrogen (secondary N) is 2. The van der Waals surface area contributed by atoms with Gasteiger partial charge in [-0.2, -0.15) is 0 Å². The Morgan fingerprint density at radius 2 is 2.10 bits per heavy atom. The van der Waals surface area contributed by atoms with E-state index in [2.05, 4.69) is 22.1 Å². The molecule has 0 aliphatic heterocycles. The Morgan fingerprint density at radius 3 is 2.67 bits per heavy atom. The van der Waals surface area contributed by atoms with Crippen molar-refractivity contribution in [2.75, 3.05) is 27.2 Å². The Labute approximate surface area is 137 Å². The molecule has 1 atom stereocenters. The number of hydrogen-bond donors (Lipinski definition) is 2. The molecule has 0 aliphatic carbocycles. The monoisotopic (exact) mass is 343 g/mol. The fraction of sp³-hybridized carbons (Fsp3) is 0.357. The molecule has 0 bridgehead atoms. The number of urea groups is 1. The lowest BCUT2D eigenvalue weighted by molar-refractivity contribution is 0.217. The highest BCUT2D eigenvalue weighted by molar-refractivity contribution is 7.16. The predicted molar refractivity (Wildman–Crippen MR) is 90.6 cm³/mol. The van der Waals surface area contributed by atoms with Crippen molar-refractivity contribution >= 4 is 40.3 Å². The van der Waals surface area contributed by atoms with Crippen molar-refractivity contribution < 1.29 is 4.79 Å². The molecule has 0 spiro atoms. The molecule has 4 nitrogen and oxygen atoms in total. The summed E-state index contributed by atoms with van der Waals surface area (Å²) >= 11 is 9.32. The third-order valence-electron chi connectivity index (χ3n) is 2.86. The fourth-order valence-electron chi connectivity index (χ4n) is 1.82. The number of thiophene rings is 2. The first-order valence-corrected chi connectivity index (χ1v) is 8.62. The van der Waals surface area contributed by atoms with Crippen LogP contribution in [-0.4, -0.2) is 38.1 Å². The summed E-state index contributed by atoms with van der Waals surface area (Å²) in [4.78, 5) is 15.4. The number of halogens is 1. The van der Waals surface area contributed by atoms with Crippen molar-refractivity contribution in [2.45, 2.75) is 6.04 Å². The molecule has 0 aromatic carbocycles. The quantitative estimate of drug-likeness (QED) is 0.789. The summed E-state index contributed by atoms with van der Waals surface area (Å²) in [5.41, 5.74) is 0. The lowest BCUT2D eigenvalue weighted by atomic mass is 10.2. The molecule has 2 rings (SSSR count). The van der Waals surface area contributed by atoms with Crippen molar-refractivity contribution in [3.05, 3.63) is 43.7 Å². The second-order valence-corrected chi connectivity index (χ2v) is 7.40. The van der Waals surface area contributed by atoms with Gasteiger partial charge in [0.2, 0.25) is 0 Å². The van der Waals surface area contributed by atoms with Crippen LogP contribution in [-0.2, 0) is 0 Å². The Bertz CT molecular complexity index is 569. The highest BCUT2D eigenvalue weighted by Crippen LogP contribution is 2.32. The molecule has 0 fully saturated rings. The zero-order valence-corrected chi connectivity index (χ0v) is 14.3. The first-order valence-electron chi connectivity index (χ1n) is 6.55. The molecule has 21 heavy (non-hydrogen) atoms. The molecule has 2 aromatic rings. The third kappa shape index (κ3) is 4.71. The second-order valence-electron chi connectivity index (χ2n) is 4.67. The third-order valence-corrected chi connectivity index (χ3v) is 5.10. The SMILES string of the molecule is CN(C)C(=O)NCCNC(c1cccs1)c1ccc(Cl)s1. The van der Waals surface area contributed by atoms with Gasteiger partial charge in [-0.15, -0.1) is 22.7 Å². The second kappa shape index (κ2) is 7.79. The Balaban J connectivity index is 1.93. The summed E-state index contributed by atoms with van der Waals surface area (Å²) in [5, 5.41) is 8.38. The molecule has 0 aliphatic rings. The highest BCUT2D eigenvalue weighted by Gasteiger charge is 2.16. The molecule has 7 heteroatoms. The van der Waals surface area contributed by atoms with Crippen LogP contribution in [0, 0.1) is 0 Å². The van der Waals surface area contributed by atoms with Crippen LogP contribution >= 0.6 is 34.3 Å². The summed E-state index contributed by atoms with van der Waals surface area (Å²) in [6.07, 6.45) is 0. The average Bonchev–Trinajstić information content (AvgIpc) is 3.10. The van der Waals surface area contributed by atoms with Gasteiger partial charge in [0.05, 0.1) is 10.4 Å². The van der Waals surface area contributed by atoms with E-state index in [1.807, 2.05) is 18.2 Å². The molecule has 0 saturated carbocycles.